The molecule has 4 rings (SSSR count). The number of hydroxylamine groups is 1. The van der Waals surface area contributed by atoms with E-state index in [4.69, 9.17) is 14.7 Å². The van der Waals surface area contributed by atoms with Crippen molar-refractivity contribution in [2.24, 2.45) is 0 Å². The minimum atomic E-state index is -0.614. The first-order valence-electron chi connectivity index (χ1n) is 9.31. The molecule has 0 unspecified atom stereocenters. The molecule has 2 N–H and O–H groups in total. The van der Waals surface area contributed by atoms with Gasteiger partial charge < -0.3 is 9.47 Å². The Morgan fingerprint density at radius 1 is 0.867 bits per heavy atom. The van der Waals surface area contributed by atoms with Gasteiger partial charge in [0, 0.05) is 5.56 Å². The van der Waals surface area contributed by atoms with Gasteiger partial charge in [0.15, 0.2) is 0 Å². The number of hydrogen-bond acceptors (Lipinski definition) is 6. The largest absolute Gasteiger partial charge is 0.489 e. The number of nitrogens with one attached hydrogen (secondary N) is 1. The third-order valence-electron chi connectivity index (χ3n) is 4.42. The smallest absolute Gasteiger partial charge is 0.274 e. The lowest BCUT2D eigenvalue weighted by Gasteiger charge is -2.09. The second-order valence-electron chi connectivity index (χ2n) is 6.56. The zero-order chi connectivity index (χ0) is 20.8. The van der Waals surface area contributed by atoms with E-state index in [0.29, 0.717) is 30.1 Å². The first-order valence-corrected chi connectivity index (χ1v) is 9.31. The van der Waals surface area contributed by atoms with Crippen molar-refractivity contribution < 1.29 is 19.5 Å². The highest BCUT2D eigenvalue weighted by atomic mass is 16.5. The van der Waals surface area contributed by atoms with Crippen LogP contribution in [0.2, 0.25) is 0 Å². The maximum atomic E-state index is 11.6. The van der Waals surface area contributed by atoms with Crippen molar-refractivity contribution >= 4 is 16.9 Å². The fraction of sp³-hybridized carbons (Fsp3) is 0.0870. The highest BCUT2D eigenvalue weighted by molar-refractivity contribution is 5.96. The Bertz CT molecular complexity index is 1170. The summed E-state index contributed by atoms with van der Waals surface area (Å²) >= 11 is 0. The molecule has 0 saturated carbocycles. The highest BCUT2D eigenvalue weighted by Crippen LogP contribution is 2.19. The van der Waals surface area contributed by atoms with Crippen molar-refractivity contribution in [3.63, 3.8) is 0 Å². The first kappa shape index (κ1) is 19.4. The van der Waals surface area contributed by atoms with Crippen LogP contribution in [-0.4, -0.2) is 21.1 Å². The molecule has 0 atom stereocenters. The van der Waals surface area contributed by atoms with Crippen LogP contribution < -0.4 is 15.0 Å². The molecular weight excluding hydrogens is 382 g/mol. The molecule has 4 aromatic rings. The molecule has 0 aliphatic carbocycles. The molecule has 0 radical (unpaired) electrons. The van der Waals surface area contributed by atoms with Gasteiger partial charge in [0.05, 0.1) is 17.2 Å². The number of hydrogen-bond donors (Lipinski definition) is 2. The van der Waals surface area contributed by atoms with Gasteiger partial charge in [0.1, 0.15) is 19.0 Å². The summed E-state index contributed by atoms with van der Waals surface area (Å²) in [4.78, 5) is 20.3. The van der Waals surface area contributed by atoms with Crippen LogP contribution >= 0.6 is 0 Å². The second-order valence-corrected chi connectivity index (χ2v) is 6.56. The topological polar surface area (TPSA) is 93.6 Å². The molecule has 0 aliphatic rings. The lowest BCUT2D eigenvalue weighted by Crippen LogP contribution is -2.18. The normalized spacial score (nSPS) is 10.6. The van der Waals surface area contributed by atoms with Crippen molar-refractivity contribution in [2.75, 3.05) is 0 Å². The zero-order valence-corrected chi connectivity index (χ0v) is 16.0. The molecule has 1 heterocycles. The van der Waals surface area contributed by atoms with E-state index in [1.54, 1.807) is 23.7 Å². The summed E-state index contributed by atoms with van der Waals surface area (Å²) in [6.07, 6.45) is 1.53. The summed E-state index contributed by atoms with van der Waals surface area (Å²) in [6, 6.07) is 22.4. The molecule has 0 spiro atoms. The van der Waals surface area contributed by atoms with Crippen LogP contribution in [0.15, 0.2) is 79.0 Å². The van der Waals surface area contributed by atoms with Crippen LogP contribution in [0.4, 0.5) is 0 Å². The van der Waals surface area contributed by atoms with Crippen molar-refractivity contribution in [2.45, 2.75) is 13.2 Å². The van der Waals surface area contributed by atoms with Gasteiger partial charge in [-0.05, 0) is 41.5 Å². The van der Waals surface area contributed by atoms with Crippen LogP contribution in [0.1, 0.15) is 21.5 Å². The van der Waals surface area contributed by atoms with Crippen LogP contribution in [0.3, 0.4) is 0 Å². The fourth-order valence-corrected chi connectivity index (χ4v) is 2.89. The van der Waals surface area contributed by atoms with E-state index < -0.39 is 5.91 Å². The average molecular weight is 401 g/mol. The molecule has 0 bridgehead atoms. The predicted molar refractivity (Wildman–Crippen MR) is 110 cm³/mol. The Labute approximate surface area is 172 Å². The summed E-state index contributed by atoms with van der Waals surface area (Å²) in [5.74, 6) is 0.473. The molecule has 150 valence electrons. The monoisotopic (exact) mass is 401 g/mol. The SMILES string of the molecule is O=C(NO)c1ccc2ncc(OCc3cccc(OCc4ccccc4)c3)nc2c1. The summed E-state index contributed by atoms with van der Waals surface area (Å²) in [7, 11) is 0. The van der Waals surface area contributed by atoms with Crippen molar-refractivity contribution in [3.05, 3.63) is 95.7 Å². The lowest BCUT2D eigenvalue weighted by molar-refractivity contribution is 0.0706. The molecule has 3 aromatic carbocycles. The van der Waals surface area contributed by atoms with E-state index in [-0.39, 0.29) is 5.56 Å². The van der Waals surface area contributed by atoms with Gasteiger partial charge in [-0.2, -0.15) is 0 Å². The van der Waals surface area contributed by atoms with E-state index in [0.717, 1.165) is 16.9 Å². The van der Waals surface area contributed by atoms with E-state index in [2.05, 4.69) is 9.97 Å². The summed E-state index contributed by atoms with van der Waals surface area (Å²) in [6.45, 7) is 0.782. The lowest BCUT2D eigenvalue weighted by atomic mass is 10.2. The van der Waals surface area contributed by atoms with Crippen molar-refractivity contribution in [1.29, 1.82) is 0 Å². The molecule has 30 heavy (non-hydrogen) atoms. The molecule has 1 aromatic heterocycles. The van der Waals surface area contributed by atoms with Gasteiger partial charge in [-0.15, -0.1) is 0 Å². The molecule has 0 saturated heterocycles. The standard InChI is InChI=1S/C23H19N3O4/c27-23(26-28)18-9-10-20-21(12-18)25-22(13-24-20)30-15-17-7-4-8-19(11-17)29-14-16-5-2-1-3-6-16/h1-13,28H,14-15H2,(H,26,27). The summed E-state index contributed by atoms with van der Waals surface area (Å²) < 4.78 is 11.6. The van der Waals surface area contributed by atoms with Gasteiger partial charge >= 0.3 is 0 Å². The Kier molecular flexibility index (Phi) is 5.82. The molecule has 0 fully saturated rings. The first-order chi connectivity index (χ1) is 14.7. The van der Waals surface area contributed by atoms with E-state index in [1.165, 1.54) is 6.20 Å². The van der Waals surface area contributed by atoms with Gasteiger partial charge in [-0.1, -0.05) is 42.5 Å². The second kappa shape index (κ2) is 9.02. The highest BCUT2D eigenvalue weighted by Gasteiger charge is 2.08. The summed E-state index contributed by atoms with van der Waals surface area (Å²) in [5.41, 5.74) is 5.02. The number of nitrogens with zero attached hydrogens (tertiary/aromatic N) is 2. The van der Waals surface area contributed by atoms with E-state index in [9.17, 15) is 4.79 Å². The Hall–Kier alpha value is -3.97. The Balaban J connectivity index is 1.42. The maximum absolute atomic E-state index is 11.6. The van der Waals surface area contributed by atoms with Crippen LogP contribution in [0.25, 0.3) is 11.0 Å². The minimum Gasteiger partial charge on any atom is -0.489 e. The van der Waals surface area contributed by atoms with Crippen molar-refractivity contribution in [3.8, 4) is 11.6 Å². The maximum Gasteiger partial charge on any atom is 0.274 e. The number of fused-ring (bicyclic) bond motifs is 1. The number of aromatic nitrogens is 2. The van der Waals surface area contributed by atoms with Crippen LogP contribution in [0.5, 0.6) is 11.6 Å². The molecule has 7 heteroatoms. The predicted octanol–water partition coefficient (Wildman–Crippen LogP) is 3.91. The molecule has 0 aliphatic heterocycles. The third kappa shape index (κ3) is 4.71. The van der Waals surface area contributed by atoms with Gasteiger partial charge in [-0.3, -0.25) is 10.0 Å². The van der Waals surface area contributed by atoms with Crippen LogP contribution in [-0.2, 0) is 13.2 Å². The van der Waals surface area contributed by atoms with E-state index >= 15 is 0 Å². The van der Waals surface area contributed by atoms with E-state index in [1.807, 2.05) is 54.6 Å². The average Bonchev–Trinajstić information content (AvgIpc) is 2.81. The number of rotatable bonds is 7. The quantitative estimate of drug-likeness (QED) is 0.360. The number of amides is 1. The Morgan fingerprint density at radius 2 is 1.67 bits per heavy atom. The van der Waals surface area contributed by atoms with Gasteiger partial charge in [0.25, 0.3) is 5.91 Å². The molecule has 7 nitrogen and oxygen atoms in total. The number of carbonyl (C=O) groups is 1. The van der Waals surface area contributed by atoms with Crippen molar-refractivity contribution in [1.82, 2.24) is 15.4 Å². The number of ether oxygens (including phenoxy) is 2. The zero-order valence-electron chi connectivity index (χ0n) is 16.0. The molecule has 1 amide bonds. The number of benzene rings is 3. The fourth-order valence-electron chi connectivity index (χ4n) is 2.89. The minimum absolute atomic E-state index is 0.278. The third-order valence-corrected chi connectivity index (χ3v) is 4.42. The van der Waals surface area contributed by atoms with Gasteiger partial charge in [0.2, 0.25) is 5.88 Å². The van der Waals surface area contributed by atoms with Crippen LogP contribution in [0, 0.1) is 0 Å². The Morgan fingerprint density at radius 3 is 2.50 bits per heavy atom. The van der Waals surface area contributed by atoms with Gasteiger partial charge in [-0.25, -0.2) is 15.4 Å². The number of carbonyl (C=O) groups excluding carboxylic acids is 1. The molecular formula is C23H19N3O4. The summed E-state index contributed by atoms with van der Waals surface area (Å²) in [5, 5.41) is 8.78.